The average Bonchev–Trinajstić information content (AvgIpc) is 3.13. The number of hydrogen-bond acceptors (Lipinski definition) is 5. The Morgan fingerprint density at radius 2 is 1.92 bits per heavy atom. The first-order valence-corrected chi connectivity index (χ1v) is 8.19. The molecule has 1 heterocycles. The van der Waals surface area contributed by atoms with E-state index in [-0.39, 0.29) is 19.2 Å². The summed E-state index contributed by atoms with van der Waals surface area (Å²) in [6.45, 7) is 0.238. The summed E-state index contributed by atoms with van der Waals surface area (Å²) in [7, 11) is 1.68. The third kappa shape index (κ3) is 3.75. The minimum Gasteiger partial charge on any atom is -0.454 e. The van der Waals surface area contributed by atoms with Crippen LogP contribution in [-0.4, -0.2) is 48.4 Å². The van der Waals surface area contributed by atoms with Crippen LogP contribution in [0.2, 0.25) is 0 Å². The monoisotopic (exact) mass is 342 g/mol. The number of rotatable bonds is 6. The van der Waals surface area contributed by atoms with Crippen LogP contribution in [0.15, 0.2) is 48.5 Å². The number of carbonyl (C=O) groups is 1. The topological polar surface area (TPSA) is 85.0 Å². The number of fused-ring (bicyclic) bond motifs is 1. The smallest absolute Gasteiger partial charge is 0.254 e. The molecule has 6 nitrogen and oxygen atoms in total. The van der Waals surface area contributed by atoms with Crippen LogP contribution in [0.5, 0.6) is 11.5 Å². The van der Waals surface area contributed by atoms with Crippen LogP contribution in [0.3, 0.4) is 0 Å². The molecule has 0 saturated carbocycles. The van der Waals surface area contributed by atoms with E-state index in [2.05, 4.69) is 0 Å². The maximum atomic E-state index is 12.9. The molecule has 0 aliphatic carbocycles. The van der Waals surface area contributed by atoms with Gasteiger partial charge in [-0.1, -0.05) is 30.3 Å². The predicted octanol–water partition coefficient (Wildman–Crippen LogP) is 1.42. The van der Waals surface area contributed by atoms with Crippen molar-refractivity contribution in [3.63, 3.8) is 0 Å². The molecule has 0 aromatic heterocycles. The Morgan fingerprint density at radius 3 is 2.64 bits per heavy atom. The molecule has 132 valence electrons. The van der Waals surface area contributed by atoms with E-state index in [4.69, 9.17) is 15.2 Å². The first kappa shape index (κ1) is 17.3. The molecule has 2 aromatic rings. The Morgan fingerprint density at radius 1 is 1.20 bits per heavy atom. The van der Waals surface area contributed by atoms with Gasteiger partial charge in [0.05, 0.1) is 12.1 Å². The Bertz CT molecular complexity index is 735. The fraction of sp³-hybridized carbons (Fsp3) is 0.316. The maximum absolute atomic E-state index is 12.9. The van der Waals surface area contributed by atoms with Crippen molar-refractivity contribution in [2.24, 2.45) is 5.73 Å². The molecular weight excluding hydrogens is 320 g/mol. The molecule has 3 N–H and O–H groups in total. The minimum atomic E-state index is -0.817. The zero-order valence-electron chi connectivity index (χ0n) is 14.1. The first-order valence-electron chi connectivity index (χ1n) is 8.19. The van der Waals surface area contributed by atoms with Gasteiger partial charge in [-0.15, -0.1) is 0 Å². The normalized spacial score (nSPS) is 14.8. The van der Waals surface area contributed by atoms with Gasteiger partial charge in [0.1, 0.15) is 0 Å². The Kier molecular flexibility index (Phi) is 5.21. The molecule has 1 aliphatic heterocycles. The predicted molar refractivity (Wildman–Crippen MR) is 93.7 cm³/mol. The van der Waals surface area contributed by atoms with Gasteiger partial charge in [-0.25, -0.2) is 0 Å². The molecule has 0 bridgehead atoms. The van der Waals surface area contributed by atoms with Crippen molar-refractivity contribution in [3.8, 4) is 11.5 Å². The standard InChI is InChI=1S/C19H22N2O4/c1-21(15(16(22)11-20)9-13-5-3-2-4-6-13)19(23)14-7-8-17-18(10-14)25-12-24-17/h2-8,10,15-16,22H,9,11-12,20H2,1H3/t15-,16+/m0/s1. The van der Waals surface area contributed by atoms with Crippen molar-refractivity contribution < 1.29 is 19.4 Å². The summed E-state index contributed by atoms with van der Waals surface area (Å²) in [6.07, 6.45) is -0.297. The number of amides is 1. The summed E-state index contributed by atoms with van der Waals surface area (Å²) in [5, 5.41) is 10.3. The molecule has 0 radical (unpaired) electrons. The number of likely N-dealkylation sites (N-methyl/N-ethyl adjacent to an activating group) is 1. The molecule has 0 saturated heterocycles. The van der Waals surface area contributed by atoms with E-state index in [0.29, 0.717) is 23.5 Å². The summed E-state index contributed by atoms with van der Waals surface area (Å²) < 4.78 is 10.6. The minimum absolute atomic E-state index is 0.0796. The number of benzene rings is 2. The summed E-state index contributed by atoms with van der Waals surface area (Å²) >= 11 is 0. The van der Waals surface area contributed by atoms with E-state index in [1.54, 1.807) is 30.1 Å². The third-order valence-electron chi connectivity index (χ3n) is 4.41. The SMILES string of the molecule is CN(C(=O)c1ccc2c(c1)OCO2)[C@@H](Cc1ccccc1)[C@H](O)CN. The van der Waals surface area contributed by atoms with Gasteiger partial charge in [0.2, 0.25) is 6.79 Å². The molecule has 25 heavy (non-hydrogen) atoms. The number of carbonyl (C=O) groups excluding carboxylic acids is 1. The van der Waals surface area contributed by atoms with E-state index in [9.17, 15) is 9.90 Å². The van der Waals surface area contributed by atoms with Gasteiger partial charge < -0.3 is 25.2 Å². The highest BCUT2D eigenvalue weighted by atomic mass is 16.7. The van der Waals surface area contributed by atoms with Gasteiger partial charge in [-0.3, -0.25) is 4.79 Å². The van der Waals surface area contributed by atoms with Gasteiger partial charge >= 0.3 is 0 Å². The van der Waals surface area contributed by atoms with E-state index >= 15 is 0 Å². The van der Waals surface area contributed by atoms with Gasteiger partial charge in [0.25, 0.3) is 5.91 Å². The lowest BCUT2D eigenvalue weighted by Crippen LogP contribution is -2.48. The number of nitrogens with zero attached hydrogens (tertiary/aromatic N) is 1. The average molecular weight is 342 g/mol. The van der Waals surface area contributed by atoms with Crippen molar-refractivity contribution in [3.05, 3.63) is 59.7 Å². The van der Waals surface area contributed by atoms with Crippen molar-refractivity contribution in [2.45, 2.75) is 18.6 Å². The highest BCUT2D eigenvalue weighted by Gasteiger charge is 2.28. The molecule has 0 fully saturated rings. The van der Waals surface area contributed by atoms with Crippen LogP contribution in [0.4, 0.5) is 0 Å². The lowest BCUT2D eigenvalue weighted by molar-refractivity contribution is 0.0468. The van der Waals surface area contributed by atoms with Crippen LogP contribution in [0.25, 0.3) is 0 Å². The number of aliphatic hydroxyl groups excluding tert-OH is 1. The lowest BCUT2D eigenvalue weighted by atomic mass is 9.99. The van der Waals surface area contributed by atoms with E-state index in [1.165, 1.54) is 0 Å². The Labute approximate surface area is 146 Å². The fourth-order valence-electron chi connectivity index (χ4n) is 2.93. The highest BCUT2D eigenvalue weighted by molar-refractivity contribution is 5.95. The molecule has 6 heteroatoms. The van der Waals surface area contributed by atoms with E-state index in [1.807, 2.05) is 30.3 Å². The molecule has 2 aromatic carbocycles. The van der Waals surface area contributed by atoms with Crippen LogP contribution in [-0.2, 0) is 6.42 Å². The van der Waals surface area contributed by atoms with Crippen LogP contribution >= 0.6 is 0 Å². The Balaban J connectivity index is 1.81. The number of ether oxygens (including phenoxy) is 2. The second-order valence-corrected chi connectivity index (χ2v) is 6.04. The zero-order valence-corrected chi connectivity index (χ0v) is 14.1. The zero-order chi connectivity index (χ0) is 17.8. The fourth-order valence-corrected chi connectivity index (χ4v) is 2.93. The molecule has 2 atom stereocenters. The van der Waals surface area contributed by atoms with Gasteiger partial charge in [0, 0.05) is 19.2 Å². The van der Waals surface area contributed by atoms with Crippen LogP contribution < -0.4 is 15.2 Å². The molecular formula is C19H22N2O4. The largest absolute Gasteiger partial charge is 0.454 e. The maximum Gasteiger partial charge on any atom is 0.254 e. The molecule has 1 amide bonds. The lowest BCUT2D eigenvalue weighted by Gasteiger charge is -2.32. The molecule has 3 rings (SSSR count). The number of nitrogens with two attached hydrogens (primary N) is 1. The van der Waals surface area contributed by atoms with Gasteiger partial charge in [0.15, 0.2) is 11.5 Å². The summed E-state index contributed by atoms with van der Waals surface area (Å²) in [5.74, 6) is 0.979. The number of aliphatic hydroxyl groups is 1. The summed E-state index contributed by atoms with van der Waals surface area (Å²) in [6, 6.07) is 14.4. The van der Waals surface area contributed by atoms with Gasteiger partial charge in [-0.2, -0.15) is 0 Å². The Hall–Kier alpha value is -2.57. The van der Waals surface area contributed by atoms with Crippen LogP contribution in [0.1, 0.15) is 15.9 Å². The van der Waals surface area contributed by atoms with Crippen molar-refractivity contribution in [2.75, 3.05) is 20.4 Å². The number of hydrogen-bond donors (Lipinski definition) is 2. The molecule has 0 unspecified atom stereocenters. The highest BCUT2D eigenvalue weighted by Crippen LogP contribution is 2.33. The third-order valence-corrected chi connectivity index (χ3v) is 4.41. The first-order chi connectivity index (χ1) is 12.1. The summed E-state index contributed by atoms with van der Waals surface area (Å²) in [5.41, 5.74) is 7.17. The second kappa shape index (κ2) is 7.55. The van der Waals surface area contributed by atoms with Gasteiger partial charge in [-0.05, 0) is 30.2 Å². The quantitative estimate of drug-likeness (QED) is 0.829. The summed E-state index contributed by atoms with van der Waals surface area (Å²) in [4.78, 5) is 14.4. The molecule has 1 aliphatic rings. The van der Waals surface area contributed by atoms with Crippen LogP contribution in [0, 0.1) is 0 Å². The van der Waals surface area contributed by atoms with Crippen molar-refractivity contribution in [1.29, 1.82) is 0 Å². The molecule has 0 spiro atoms. The van der Waals surface area contributed by atoms with Crippen molar-refractivity contribution >= 4 is 5.91 Å². The van der Waals surface area contributed by atoms with E-state index < -0.39 is 12.1 Å². The van der Waals surface area contributed by atoms with E-state index in [0.717, 1.165) is 5.56 Å². The second-order valence-electron chi connectivity index (χ2n) is 6.04. The van der Waals surface area contributed by atoms with Crippen molar-refractivity contribution in [1.82, 2.24) is 4.90 Å².